The normalized spacial score (nSPS) is 15.3. The summed E-state index contributed by atoms with van der Waals surface area (Å²) in [6, 6.07) is 0.629. The van der Waals surface area contributed by atoms with Gasteiger partial charge in [-0.2, -0.15) is 0 Å². The minimum Gasteiger partial charge on any atom is -0.394 e. The summed E-state index contributed by atoms with van der Waals surface area (Å²) in [4.78, 5) is 2.56. The zero-order valence-electron chi connectivity index (χ0n) is 12.9. The molecule has 110 valence electrons. The Bertz CT molecular complexity index is 193. The van der Waals surface area contributed by atoms with Gasteiger partial charge in [0.15, 0.2) is 0 Å². The van der Waals surface area contributed by atoms with Crippen molar-refractivity contribution < 1.29 is 5.11 Å². The van der Waals surface area contributed by atoms with Crippen LogP contribution in [0.3, 0.4) is 0 Å². The molecule has 0 aromatic heterocycles. The minimum atomic E-state index is -0.398. The summed E-state index contributed by atoms with van der Waals surface area (Å²) in [5, 5.41) is 9.10. The van der Waals surface area contributed by atoms with E-state index in [-0.39, 0.29) is 6.61 Å². The molecule has 3 heteroatoms. The third-order valence-corrected chi connectivity index (χ3v) is 3.58. The van der Waals surface area contributed by atoms with Crippen LogP contribution in [0, 0.1) is 0 Å². The third kappa shape index (κ3) is 8.90. The van der Waals surface area contributed by atoms with Crippen molar-refractivity contribution in [2.75, 3.05) is 19.7 Å². The van der Waals surface area contributed by atoms with E-state index < -0.39 is 5.54 Å². The Morgan fingerprint density at radius 2 is 1.67 bits per heavy atom. The van der Waals surface area contributed by atoms with Crippen LogP contribution in [-0.4, -0.2) is 41.3 Å². The van der Waals surface area contributed by atoms with Crippen LogP contribution >= 0.6 is 0 Å². The molecule has 0 aliphatic rings. The summed E-state index contributed by atoms with van der Waals surface area (Å²) in [6.45, 7) is 11.2. The van der Waals surface area contributed by atoms with Gasteiger partial charge in [-0.25, -0.2) is 0 Å². The predicted octanol–water partition coefficient (Wildman–Crippen LogP) is 2.77. The Hall–Kier alpha value is -0.120. The van der Waals surface area contributed by atoms with Gasteiger partial charge in [0.25, 0.3) is 0 Å². The Labute approximate surface area is 114 Å². The van der Waals surface area contributed by atoms with Gasteiger partial charge in [0.1, 0.15) is 0 Å². The standard InChI is InChI=1S/C15H34N2O/c1-5-6-8-11-17(14(2)3)12-9-7-10-15(4,16)13-18/h14,18H,5-13,16H2,1-4H3. The van der Waals surface area contributed by atoms with E-state index >= 15 is 0 Å². The molecular weight excluding hydrogens is 224 g/mol. The molecule has 0 aliphatic carbocycles. The smallest absolute Gasteiger partial charge is 0.0608 e. The van der Waals surface area contributed by atoms with Gasteiger partial charge in [0.2, 0.25) is 0 Å². The molecule has 18 heavy (non-hydrogen) atoms. The first-order chi connectivity index (χ1) is 8.43. The molecule has 0 radical (unpaired) electrons. The third-order valence-electron chi connectivity index (χ3n) is 3.58. The van der Waals surface area contributed by atoms with Gasteiger partial charge in [-0.3, -0.25) is 0 Å². The molecule has 0 fully saturated rings. The van der Waals surface area contributed by atoms with Crippen LogP contribution in [0.15, 0.2) is 0 Å². The number of aliphatic hydroxyl groups excluding tert-OH is 1. The van der Waals surface area contributed by atoms with Crippen LogP contribution in [0.25, 0.3) is 0 Å². The fraction of sp³-hybridized carbons (Fsp3) is 1.00. The van der Waals surface area contributed by atoms with Crippen molar-refractivity contribution in [1.82, 2.24) is 4.90 Å². The van der Waals surface area contributed by atoms with E-state index in [4.69, 9.17) is 10.8 Å². The largest absolute Gasteiger partial charge is 0.394 e. The molecule has 0 saturated carbocycles. The highest BCUT2D eigenvalue weighted by Crippen LogP contribution is 2.11. The lowest BCUT2D eigenvalue weighted by atomic mass is 9.97. The first-order valence-corrected chi connectivity index (χ1v) is 7.56. The molecule has 1 unspecified atom stereocenters. The predicted molar refractivity (Wildman–Crippen MR) is 79.8 cm³/mol. The average Bonchev–Trinajstić information content (AvgIpc) is 2.32. The van der Waals surface area contributed by atoms with Crippen molar-refractivity contribution in [3.63, 3.8) is 0 Å². The summed E-state index contributed by atoms with van der Waals surface area (Å²) >= 11 is 0. The van der Waals surface area contributed by atoms with Crippen LogP contribution in [0.1, 0.15) is 66.2 Å². The maximum absolute atomic E-state index is 9.10. The summed E-state index contributed by atoms with van der Waals surface area (Å²) in [7, 11) is 0. The van der Waals surface area contributed by atoms with Crippen molar-refractivity contribution in [2.45, 2.75) is 77.8 Å². The molecule has 0 rings (SSSR count). The lowest BCUT2D eigenvalue weighted by molar-refractivity contribution is 0.186. The van der Waals surface area contributed by atoms with Gasteiger partial charge >= 0.3 is 0 Å². The van der Waals surface area contributed by atoms with Crippen LogP contribution < -0.4 is 5.73 Å². The molecule has 0 spiro atoms. The summed E-state index contributed by atoms with van der Waals surface area (Å²) in [5.74, 6) is 0. The first kappa shape index (κ1) is 17.9. The average molecular weight is 258 g/mol. The van der Waals surface area contributed by atoms with Gasteiger partial charge in [-0.1, -0.05) is 26.2 Å². The van der Waals surface area contributed by atoms with Crippen molar-refractivity contribution in [3.05, 3.63) is 0 Å². The second-order valence-electron chi connectivity index (χ2n) is 6.11. The molecule has 0 amide bonds. The lowest BCUT2D eigenvalue weighted by Crippen LogP contribution is -2.40. The second-order valence-corrected chi connectivity index (χ2v) is 6.11. The Morgan fingerprint density at radius 3 is 2.11 bits per heavy atom. The molecule has 3 N–H and O–H groups in total. The fourth-order valence-electron chi connectivity index (χ4n) is 2.12. The first-order valence-electron chi connectivity index (χ1n) is 7.56. The zero-order chi connectivity index (χ0) is 14.0. The topological polar surface area (TPSA) is 49.5 Å². The van der Waals surface area contributed by atoms with Gasteiger partial charge in [0, 0.05) is 11.6 Å². The van der Waals surface area contributed by atoms with E-state index in [0.717, 1.165) is 19.4 Å². The number of hydrogen-bond acceptors (Lipinski definition) is 3. The molecular formula is C15H34N2O. The quantitative estimate of drug-likeness (QED) is 0.560. The van der Waals surface area contributed by atoms with E-state index in [1.54, 1.807) is 0 Å². The van der Waals surface area contributed by atoms with Gasteiger partial charge in [0.05, 0.1) is 6.61 Å². The monoisotopic (exact) mass is 258 g/mol. The summed E-state index contributed by atoms with van der Waals surface area (Å²) in [5.41, 5.74) is 5.53. The van der Waals surface area contributed by atoms with Gasteiger partial charge in [-0.05, 0) is 53.1 Å². The van der Waals surface area contributed by atoms with Gasteiger partial charge in [-0.15, -0.1) is 0 Å². The number of unbranched alkanes of at least 4 members (excludes halogenated alkanes) is 3. The minimum absolute atomic E-state index is 0.0807. The Morgan fingerprint density at radius 1 is 1.11 bits per heavy atom. The lowest BCUT2D eigenvalue weighted by Gasteiger charge is -2.27. The Balaban J connectivity index is 3.77. The zero-order valence-corrected chi connectivity index (χ0v) is 12.9. The number of rotatable bonds is 11. The fourth-order valence-corrected chi connectivity index (χ4v) is 2.12. The van der Waals surface area contributed by atoms with Crippen LogP contribution in [0.5, 0.6) is 0 Å². The van der Waals surface area contributed by atoms with Crippen molar-refractivity contribution in [1.29, 1.82) is 0 Å². The molecule has 0 bridgehead atoms. The highest BCUT2D eigenvalue weighted by atomic mass is 16.3. The highest BCUT2D eigenvalue weighted by Gasteiger charge is 2.16. The van der Waals surface area contributed by atoms with Gasteiger partial charge < -0.3 is 15.7 Å². The molecule has 3 nitrogen and oxygen atoms in total. The van der Waals surface area contributed by atoms with Crippen LogP contribution in [0.2, 0.25) is 0 Å². The molecule has 0 heterocycles. The molecule has 0 aromatic rings. The van der Waals surface area contributed by atoms with E-state index in [9.17, 15) is 0 Å². The number of aliphatic hydroxyl groups is 1. The molecule has 0 aromatic carbocycles. The maximum Gasteiger partial charge on any atom is 0.0608 e. The second kappa shape index (κ2) is 9.76. The number of nitrogens with zero attached hydrogens (tertiary/aromatic N) is 1. The SMILES string of the molecule is CCCCCN(CCCCC(C)(N)CO)C(C)C. The maximum atomic E-state index is 9.10. The summed E-state index contributed by atoms with van der Waals surface area (Å²) in [6.07, 6.45) is 7.11. The van der Waals surface area contributed by atoms with E-state index in [1.165, 1.54) is 32.2 Å². The Kier molecular flexibility index (Phi) is 9.70. The van der Waals surface area contributed by atoms with Crippen LogP contribution in [-0.2, 0) is 0 Å². The highest BCUT2D eigenvalue weighted by molar-refractivity contribution is 4.77. The molecule has 0 aliphatic heterocycles. The molecule has 1 atom stereocenters. The van der Waals surface area contributed by atoms with Crippen molar-refractivity contribution >= 4 is 0 Å². The number of nitrogens with two attached hydrogens (primary N) is 1. The molecule has 0 saturated heterocycles. The van der Waals surface area contributed by atoms with Crippen LogP contribution in [0.4, 0.5) is 0 Å². The van der Waals surface area contributed by atoms with E-state index in [2.05, 4.69) is 25.7 Å². The van der Waals surface area contributed by atoms with Crippen molar-refractivity contribution in [2.24, 2.45) is 5.73 Å². The summed E-state index contributed by atoms with van der Waals surface area (Å²) < 4.78 is 0. The van der Waals surface area contributed by atoms with E-state index in [0.29, 0.717) is 6.04 Å². The van der Waals surface area contributed by atoms with Crippen molar-refractivity contribution in [3.8, 4) is 0 Å². The van der Waals surface area contributed by atoms with E-state index in [1.807, 2.05) is 6.92 Å². The number of hydrogen-bond donors (Lipinski definition) is 2.